The van der Waals surface area contributed by atoms with E-state index in [1.807, 2.05) is 18.2 Å². The number of fused-ring (bicyclic) bond motifs is 3. The zero-order valence-electron chi connectivity index (χ0n) is 18.5. The summed E-state index contributed by atoms with van der Waals surface area (Å²) < 4.78 is 33.6. The monoisotopic (exact) mass is 449 g/mol. The average Bonchev–Trinajstić information content (AvgIpc) is 3.46. The van der Waals surface area contributed by atoms with Gasteiger partial charge in [0.2, 0.25) is 11.5 Å². The van der Waals surface area contributed by atoms with Gasteiger partial charge in [0, 0.05) is 6.54 Å². The van der Waals surface area contributed by atoms with Crippen molar-refractivity contribution in [1.29, 1.82) is 0 Å². The van der Waals surface area contributed by atoms with Crippen molar-refractivity contribution in [2.24, 2.45) is 0 Å². The number of hydrogen-bond acceptors (Lipinski definition) is 8. The van der Waals surface area contributed by atoms with E-state index in [9.17, 15) is 4.79 Å². The normalized spacial score (nSPS) is 16.1. The number of furan rings is 1. The highest BCUT2D eigenvalue weighted by molar-refractivity contribution is 6.15. The number of carbonyl (C=O) groups is 1. The van der Waals surface area contributed by atoms with E-state index < -0.39 is 0 Å². The third-order valence-corrected chi connectivity index (χ3v) is 5.63. The van der Waals surface area contributed by atoms with Crippen molar-refractivity contribution < 1.29 is 32.9 Å². The Hall–Kier alpha value is -3.91. The molecule has 33 heavy (non-hydrogen) atoms. The first kappa shape index (κ1) is 21.0. The van der Waals surface area contributed by atoms with Gasteiger partial charge in [0.1, 0.15) is 24.0 Å². The Morgan fingerprint density at radius 2 is 1.85 bits per heavy atom. The van der Waals surface area contributed by atoms with Gasteiger partial charge in [-0.15, -0.1) is 0 Å². The Labute approximate surface area is 190 Å². The maximum absolute atomic E-state index is 13.1. The molecule has 8 nitrogen and oxygen atoms in total. The zero-order chi connectivity index (χ0) is 22.9. The number of nitrogens with zero attached hydrogens (tertiary/aromatic N) is 1. The molecule has 3 aromatic rings. The van der Waals surface area contributed by atoms with E-state index in [4.69, 9.17) is 28.1 Å². The van der Waals surface area contributed by atoms with E-state index in [1.165, 1.54) is 0 Å². The van der Waals surface area contributed by atoms with E-state index >= 15 is 0 Å². The van der Waals surface area contributed by atoms with Crippen molar-refractivity contribution in [2.45, 2.75) is 13.1 Å². The average molecular weight is 449 g/mol. The van der Waals surface area contributed by atoms with Gasteiger partial charge in [0.05, 0.1) is 45.3 Å². The summed E-state index contributed by atoms with van der Waals surface area (Å²) in [5, 5.41) is 0. The molecule has 2 aromatic carbocycles. The number of methoxy groups -OCH3 is 3. The van der Waals surface area contributed by atoms with E-state index in [2.05, 4.69) is 4.90 Å². The number of ketones is 1. The minimum atomic E-state index is -0.190. The second kappa shape index (κ2) is 8.55. The third-order valence-electron chi connectivity index (χ3n) is 5.63. The van der Waals surface area contributed by atoms with E-state index in [0.29, 0.717) is 59.7 Å². The third kappa shape index (κ3) is 3.78. The molecule has 0 unspecified atom stereocenters. The predicted molar refractivity (Wildman–Crippen MR) is 119 cm³/mol. The SMILES string of the molecule is COc1cc(/C=C2\Oc3c(ccc4c3CN(Cc3ccco3)CO4)C2=O)cc(OC)c1OC. The standard InChI is InChI=1S/C25H23NO7/c1-28-21-10-15(11-22(29-2)25(21)30-3)9-20-23(27)17-6-7-19-18(24(17)33-20)13-26(14-32-19)12-16-5-4-8-31-16/h4-11H,12-14H2,1-3H3/b20-9-. The minimum absolute atomic E-state index is 0.190. The first-order valence-electron chi connectivity index (χ1n) is 10.4. The molecule has 3 heterocycles. The maximum Gasteiger partial charge on any atom is 0.231 e. The van der Waals surface area contributed by atoms with Crippen LogP contribution in [0.4, 0.5) is 0 Å². The van der Waals surface area contributed by atoms with Gasteiger partial charge in [-0.05, 0) is 48.0 Å². The van der Waals surface area contributed by atoms with Crippen molar-refractivity contribution in [2.75, 3.05) is 28.1 Å². The lowest BCUT2D eigenvalue weighted by Crippen LogP contribution is -2.31. The summed E-state index contributed by atoms with van der Waals surface area (Å²) in [4.78, 5) is 15.2. The number of Topliss-reactive ketones (excluding diaryl/α,β-unsaturated/α-hetero) is 1. The second-order valence-electron chi connectivity index (χ2n) is 7.66. The molecule has 0 bridgehead atoms. The lowest BCUT2D eigenvalue weighted by atomic mass is 10.0. The molecule has 5 rings (SSSR count). The lowest BCUT2D eigenvalue weighted by Gasteiger charge is -2.29. The number of hydrogen-bond donors (Lipinski definition) is 0. The topological polar surface area (TPSA) is 79.6 Å². The van der Waals surface area contributed by atoms with Gasteiger partial charge in [-0.25, -0.2) is 0 Å². The summed E-state index contributed by atoms with van der Waals surface area (Å²) in [7, 11) is 4.63. The molecule has 2 aliphatic heterocycles. The van der Waals surface area contributed by atoms with Gasteiger partial charge in [0.25, 0.3) is 0 Å². The van der Waals surface area contributed by atoms with Crippen molar-refractivity contribution in [3.05, 3.63) is 70.9 Å². The molecule has 0 saturated heterocycles. The van der Waals surface area contributed by atoms with Crippen molar-refractivity contribution in [1.82, 2.24) is 4.90 Å². The quantitative estimate of drug-likeness (QED) is 0.516. The van der Waals surface area contributed by atoms with Crippen molar-refractivity contribution in [3.63, 3.8) is 0 Å². The molecule has 2 aliphatic rings. The largest absolute Gasteiger partial charge is 0.493 e. The molecule has 170 valence electrons. The van der Waals surface area contributed by atoms with Gasteiger partial charge in [-0.1, -0.05) is 0 Å². The van der Waals surface area contributed by atoms with E-state index in [-0.39, 0.29) is 11.5 Å². The van der Waals surface area contributed by atoms with E-state index in [0.717, 1.165) is 11.3 Å². The van der Waals surface area contributed by atoms with Crippen LogP contribution in [-0.2, 0) is 13.1 Å². The second-order valence-corrected chi connectivity index (χ2v) is 7.66. The molecular weight excluding hydrogens is 426 g/mol. The minimum Gasteiger partial charge on any atom is -0.493 e. The number of allylic oxidation sites excluding steroid dienone is 1. The summed E-state index contributed by atoms with van der Waals surface area (Å²) >= 11 is 0. The molecule has 0 spiro atoms. The summed E-state index contributed by atoms with van der Waals surface area (Å²) in [6.07, 6.45) is 3.32. The molecule has 0 amide bonds. The van der Waals surface area contributed by atoms with Gasteiger partial charge < -0.3 is 28.1 Å². The smallest absolute Gasteiger partial charge is 0.231 e. The zero-order valence-corrected chi connectivity index (χ0v) is 18.5. The number of ether oxygens (including phenoxy) is 5. The Morgan fingerprint density at radius 3 is 2.52 bits per heavy atom. The first-order chi connectivity index (χ1) is 16.1. The summed E-state index contributed by atoms with van der Waals surface area (Å²) in [5.41, 5.74) is 2.04. The fraction of sp³-hybridized carbons (Fsp3) is 0.240. The fourth-order valence-electron chi connectivity index (χ4n) is 4.06. The van der Waals surface area contributed by atoms with Crippen LogP contribution in [0.2, 0.25) is 0 Å². The van der Waals surface area contributed by atoms with Crippen LogP contribution in [0.15, 0.2) is 52.8 Å². The molecule has 0 saturated carbocycles. The maximum atomic E-state index is 13.1. The molecule has 0 fully saturated rings. The highest BCUT2D eigenvalue weighted by Gasteiger charge is 2.34. The van der Waals surface area contributed by atoms with Crippen LogP contribution in [-0.4, -0.2) is 38.7 Å². The van der Waals surface area contributed by atoms with Crippen LogP contribution >= 0.6 is 0 Å². The summed E-state index contributed by atoms with van der Waals surface area (Å²) in [6.45, 7) is 1.59. The van der Waals surface area contributed by atoms with Gasteiger partial charge in [-0.3, -0.25) is 9.69 Å². The molecular formula is C25H23NO7. The Balaban J connectivity index is 1.46. The van der Waals surface area contributed by atoms with Crippen molar-refractivity contribution >= 4 is 11.9 Å². The van der Waals surface area contributed by atoms with Gasteiger partial charge >= 0.3 is 0 Å². The van der Waals surface area contributed by atoms with Crippen LogP contribution in [0.3, 0.4) is 0 Å². The lowest BCUT2D eigenvalue weighted by molar-refractivity contribution is 0.0810. The predicted octanol–water partition coefficient (Wildman–Crippen LogP) is 4.27. The summed E-state index contributed by atoms with van der Waals surface area (Å²) in [6, 6.07) is 10.9. The summed E-state index contributed by atoms with van der Waals surface area (Å²) in [5.74, 6) is 3.57. The Bertz CT molecular complexity index is 1200. The van der Waals surface area contributed by atoms with Crippen LogP contribution in [0, 0.1) is 0 Å². The molecule has 0 N–H and O–H groups in total. The highest BCUT2D eigenvalue weighted by Crippen LogP contribution is 2.43. The van der Waals surface area contributed by atoms with Crippen LogP contribution < -0.4 is 23.7 Å². The van der Waals surface area contributed by atoms with Crippen LogP contribution in [0.25, 0.3) is 6.08 Å². The number of benzene rings is 2. The molecule has 0 atom stereocenters. The molecule has 0 radical (unpaired) electrons. The number of carbonyl (C=O) groups excluding carboxylic acids is 1. The molecule has 1 aromatic heterocycles. The molecule has 8 heteroatoms. The van der Waals surface area contributed by atoms with Crippen molar-refractivity contribution in [3.8, 4) is 28.7 Å². The van der Waals surface area contributed by atoms with Crippen LogP contribution in [0.5, 0.6) is 28.7 Å². The Morgan fingerprint density at radius 1 is 1.06 bits per heavy atom. The highest BCUT2D eigenvalue weighted by atomic mass is 16.5. The van der Waals surface area contributed by atoms with Gasteiger partial charge in [-0.2, -0.15) is 0 Å². The first-order valence-corrected chi connectivity index (χ1v) is 10.4. The molecule has 0 aliphatic carbocycles. The van der Waals surface area contributed by atoms with Crippen LogP contribution in [0.1, 0.15) is 27.2 Å². The number of rotatable bonds is 6. The fourth-order valence-corrected chi connectivity index (χ4v) is 4.06. The Kier molecular flexibility index (Phi) is 5.43. The van der Waals surface area contributed by atoms with E-state index in [1.54, 1.807) is 51.9 Å². The van der Waals surface area contributed by atoms with Gasteiger partial charge in [0.15, 0.2) is 17.3 Å².